The summed E-state index contributed by atoms with van der Waals surface area (Å²) in [5.41, 5.74) is 26.8. The molecule has 17 rings (SSSR count). The molecule has 0 bridgehead atoms. The van der Waals surface area contributed by atoms with Crippen molar-refractivity contribution in [2.24, 2.45) is 0 Å². The molecule has 0 radical (unpaired) electrons. The lowest BCUT2D eigenvalue weighted by Gasteiger charge is -2.22. The number of aryl methyl sites for hydroxylation is 14. The van der Waals surface area contributed by atoms with Gasteiger partial charge in [-0.1, -0.05) is 285 Å². The van der Waals surface area contributed by atoms with Crippen LogP contribution in [0.1, 0.15) is 105 Å². The van der Waals surface area contributed by atoms with Crippen molar-refractivity contribution >= 4 is 43.2 Å². The van der Waals surface area contributed by atoms with Gasteiger partial charge in [0.2, 0.25) is 0 Å². The Labute approximate surface area is 620 Å². The minimum Gasteiger partial charge on any atom is -0.258 e. The minimum atomic E-state index is 0.142. The Balaban J connectivity index is 0.000000123. The molecule has 11 aromatic carbocycles. The van der Waals surface area contributed by atoms with Gasteiger partial charge in [0.1, 0.15) is 23.3 Å². The van der Waals surface area contributed by atoms with Crippen molar-refractivity contribution in [2.45, 2.75) is 116 Å². The lowest BCUT2D eigenvalue weighted by atomic mass is 9.81. The summed E-state index contributed by atoms with van der Waals surface area (Å²) in [5, 5.41) is 9.03. The van der Waals surface area contributed by atoms with E-state index >= 15 is 0 Å². The molecule has 0 atom stereocenters. The number of hydrogen-bond donors (Lipinski definition) is 0. The Morgan fingerprint density at radius 2 is 0.648 bits per heavy atom. The van der Waals surface area contributed by atoms with Crippen LogP contribution in [-0.2, 0) is 5.41 Å². The average Bonchev–Trinajstić information content (AvgIpc) is 1.60. The fourth-order valence-corrected chi connectivity index (χ4v) is 13.6. The second-order valence-electron chi connectivity index (χ2n) is 27.6. The van der Waals surface area contributed by atoms with Crippen molar-refractivity contribution in [2.75, 3.05) is 0 Å². The molecule has 0 saturated heterocycles. The van der Waals surface area contributed by atoms with Gasteiger partial charge >= 0.3 is 0 Å². The van der Waals surface area contributed by atoms with Crippen molar-refractivity contribution in [3.63, 3.8) is 0 Å². The number of benzene rings is 11. The van der Waals surface area contributed by atoms with Crippen molar-refractivity contribution in [1.29, 1.82) is 0 Å². The van der Waals surface area contributed by atoms with Gasteiger partial charge in [-0.15, -0.1) is 0 Å². The molecule has 0 aliphatic heterocycles. The number of hydrogen-bond acceptors (Lipinski definition) is 9. The first kappa shape index (κ1) is 74.1. The van der Waals surface area contributed by atoms with E-state index in [1.807, 2.05) is 146 Å². The van der Waals surface area contributed by atoms with Crippen LogP contribution >= 0.6 is 0 Å². The van der Waals surface area contributed by atoms with Gasteiger partial charge in [0, 0.05) is 67.0 Å². The van der Waals surface area contributed by atoms with Crippen molar-refractivity contribution < 1.29 is 0 Å². The van der Waals surface area contributed by atoms with Crippen LogP contribution in [0.2, 0.25) is 0 Å². The average molecular weight is 1370 g/mol. The molecule has 5 aromatic heterocycles. The quantitative estimate of drug-likeness (QED) is 0.159. The number of pyridine rings is 2. The highest BCUT2D eigenvalue weighted by atomic mass is 15.0. The van der Waals surface area contributed by atoms with Gasteiger partial charge in [-0.2, -0.15) is 0 Å². The summed E-state index contributed by atoms with van der Waals surface area (Å²) < 4.78 is 0. The largest absolute Gasteiger partial charge is 0.258 e. The van der Waals surface area contributed by atoms with Crippen LogP contribution in [0.25, 0.3) is 99.2 Å². The molecular weight excluding hydrogens is 1280 g/mol. The van der Waals surface area contributed by atoms with Gasteiger partial charge in [-0.05, 0) is 187 Å². The maximum atomic E-state index is 4.68. The van der Waals surface area contributed by atoms with Crippen molar-refractivity contribution in [3.8, 4) is 56.0 Å². The summed E-state index contributed by atoms with van der Waals surface area (Å²) in [7, 11) is 0. The van der Waals surface area contributed by atoms with Gasteiger partial charge in [-0.25, -0.2) is 34.9 Å². The summed E-state index contributed by atoms with van der Waals surface area (Å²) in [6, 6.07) is 95.1. The zero-order valence-corrected chi connectivity index (χ0v) is 63.5. The van der Waals surface area contributed by atoms with E-state index in [0.717, 1.165) is 91.0 Å². The summed E-state index contributed by atoms with van der Waals surface area (Å²) in [6.07, 6.45) is 0. The fourth-order valence-electron chi connectivity index (χ4n) is 13.6. The van der Waals surface area contributed by atoms with Crippen LogP contribution in [-0.4, -0.2) is 44.9 Å². The second-order valence-corrected chi connectivity index (χ2v) is 27.6. The maximum Gasteiger partial charge on any atom is 0.163 e. The Morgan fingerprint density at radius 1 is 0.238 bits per heavy atom. The maximum absolute atomic E-state index is 4.68. The molecule has 0 saturated carbocycles. The van der Waals surface area contributed by atoms with E-state index in [9.17, 15) is 0 Å². The third kappa shape index (κ3) is 18.8. The van der Waals surface area contributed by atoms with E-state index in [-0.39, 0.29) is 5.41 Å². The molecule has 0 N–H and O–H groups in total. The molecule has 5 heterocycles. The van der Waals surface area contributed by atoms with Crippen molar-refractivity contribution in [3.05, 3.63) is 364 Å². The molecule has 0 unspecified atom stereocenters. The second kappa shape index (κ2) is 33.8. The number of para-hydroxylation sites is 1. The highest BCUT2D eigenvalue weighted by Crippen LogP contribution is 2.49. The van der Waals surface area contributed by atoms with E-state index in [1.165, 1.54) is 99.1 Å². The molecule has 9 heteroatoms. The monoisotopic (exact) mass is 1370 g/mol. The zero-order valence-electron chi connectivity index (χ0n) is 63.5. The lowest BCUT2D eigenvalue weighted by molar-refractivity contribution is 0.659. The van der Waals surface area contributed by atoms with E-state index in [2.05, 4.69) is 282 Å². The Kier molecular flexibility index (Phi) is 23.9. The van der Waals surface area contributed by atoms with Crippen molar-refractivity contribution in [1.82, 2.24) is 44.9 Å². The molecule has 0 amide bonds. The molecule has 9 nitrogen and oxygen atoms in total. The predicted molar refractivity (Wildman–Crippen MR) is 441 cm³/mol. The first-order chi connectivity index (χ1) is 50.5. The first-order valence-electron chi connectivity index (χ1n) is 35.9. The van der Waals surface area contributed by atoms with E-state index in [4.69, 9.17) is 0 Å². The Hall–Kier alpha value is -12.1. The van der Waals surface area contributed by atoms with Crippen LogP contribution < -0.4 is 0 Å². The summed E-state index contributed by atoms with van der Waals surface area (Å²) in [5.74, 6) is 3.93. The van der Waals surface area contributed by atoms with Gasteiger partial charge in [-0.3, -0.25) is 9.97 Å². The molecule has 522 valence electrons. The van der Waals surface area contributed by atoms with Crippen LogP contribution in [0.5, 0.6) is 0 Å². The molecule has 1 aliphatic rings. The number of rotatable bonds is 4. The summed E-state index contributed by atoms with van der Waals surface area (Å²) in [6.45, 7) is 33.1. The number of nitrogens with zero attached hydrogens (tertiary/aromatic N) is 9. The molecular formula is C96H93N9. The smallest absolute Gasteiger partial charge is 0.163 e. The SMILES string of the molecule is Cc1cc(-c2ccccc2)cc(C)n1.Cc1cc(-c2ccccc2)nc(C)n1.Cc1ccc2c(c1)C(C)(C)c1cc(C)ccc1-2.Cc1ccc2c(ccc3cc(C)ccc32)c1.Cc1nc(C)c2ccccc2c1-c1ccccc1.Cc1nc(C)c2ccccc2n1.Cc1nc(C)nc(-c2ccccc2)n1. The standard InChI is InChI=1S/C17H15N.C17H18.C16H14.C13H13N.C12H12N2.C11H11N3.C10H10N2/c1-12-15-10-6-7-11-16(15)17(13(2)18-12)14-8-4-3-5-9-14;1-11-5-7-13-14-8-6-12(2)10-16(14)17(3,4)15(13)9-11;1-11-3-7-15-13(9-11)5-6-14-10-12(2)4-8-16(14)15;1-10-8-13(9-11(2)14-10)12-6-4-3-5-7-12;1-9-8-12(14-10(2)13-9)11-6-4-3-5-7-11;1-8-12-9(2)14-11(13-8)10-6-4-3-5-7-10;1-7-9-5-3-4-6-10(9)12-8(2)11-7/h3-11H,1-2H3;5-10H,1-4H3;3-10H,1-2H3;3-9H,1-2H3;3-8H,1-2H3;3-7H,1-2H3;3-6H,1-2H3. The highest BCUT2D eigenvalue weighted by Gasteiger charge is 2.35. The zero-order chi connectivity index (χ0) is 74.3. The van der Waals surface area contributed by atoms with Gasteiger partial charge in [0.25, 0.3) is 0 Å². The molecule has 0 spiro atoms. The number of aromatic nitrogens is 9. The molecule has 16 aromatic rings. The fraction of sp³-hybridized carbons (Fsp3) is 0.177. The van der Waals surface area contributed by atoms with Crippen LogP contribution in [0, 0.1) is 96.9 Å². The van der Waals surface area contributed by atoms with Crippen LogP contribution in [0.4, 0.5) is 0 Å². The summed E-state index contributed by atoms with van der Waals surface area (Å²) in [4.78, 5) is 39.0. The Morgan fingerprint density at radius 3 is 1.17 bits per heavy atom. The highest BCUT2D eigenvalue weighted by molar-refractivity contribution is 6.07. The molecule has 105 heavy (non-hydrogen) atoms. The van der Waals surface area contributed by atoms with Gasteiger partial charge < -0.3 is 0 Å². The topological polar surface area (TPSA) is 116 Å². The molecule has 0 fully saturated rings. The van der Waals surface area contributed by atoms with Crippen LogP contribution in [0.15, 0.2) is 273 Å². The lowest BCUT2D eigenvalue weighted by Crippen LogP contribution is -2.15. The normalized spacial score (nSPS) is 11.3. The number of fused-ring (bicyclic) bond motifs is 8. The van der Waals surface area contributed by atoms with E-state index < -0.39 is 0 Å². The predicted octanol–water partition coefficient (Wildman–Crippen LogP) is 24.3. The first-order valence-corrected chi connectivity index (χ1v) is 35.9. The third-order valence-corrected chi connectivity index (χ3v) is 18.5. The van der Waals surface area contributed by atoms with E-state index in [1.54, 1.807) is 0 Å². The minimum absolute atomic E-state index is 0.142. The van der Waals surface area contributed by atoms with E-state index in [0.29, 0.717) is 0 Å². The third-order valence-electron chi connectivity index (χ3n) is 18.5. The van der Waals surface area contributed by atoms with Gasteiger partial charge in [0.05, 0.1) is 11.2 Å². The molecule has 1 aliphatic carbocycles. The Bertz CT molecular complexity index is 5300. The summed E-state index contributed by atoms with van der Waals surface area (Å²) >= 11 is 0. The van der Waals surface area contributed by atoms with Gasteiger partial charge in [0.15, 0.2) is 5.82 Å². The van der Waals surface area contributed by atoms with Crippen LogP contribution in [0.3, 0.4) is 0 Å².